The van der Waals surface area contributed by atoms with E-state index in [0.29, 0.717) is 57.1 Å². The van der Waals surface area contributed by atoms with Gasteiger partial charge in [-0.3, -0.25) is 14.3 Å². The van der Waals surface area contributed by atoms with Crippen LogP contribution in [0.25, 0.3) is 16.6 Å². The van der Waals surface area contributed by atoms with Crippen molar-refractivity contribution in [3.63, 3.8) is 0 Å². The second-order valence-corrected chi connectivity index (χ2v) is 12.7. The normalized spacial score (nSPS) is 28.6. The summed E-state index contributed by atoms with van der Waals surface area (Å²) >= 11 is 5.78. The van der Waals surface area contributed by atoms with E-state index in [-0.39, 0.29) is 47.4 Å². The number of rotatable bonds is 5. The van der Waals surface area contributed by atoms with Crippen LogP contribution >= 0.6 is 11.6 Å². The van der Waals surface area contributed by atoms with Crippen molar-refractivity contribution in [2.24, 2.45) is 0 Å². The molecule has 17 heteroatoms. The first-order chi connectivity index (χ1) is 22.0. The Hall–Kier alpha value is -3.37. The zero-order chi connectivity index (χ0) is 33.7. The molecule has 0 spiro atoms. The van der Waals surface area contributed by atoms with E-state index < -0.39 is 68.8 Å². The van der Waals surface area contributed by atoms with Crippen LogP contribution < -0.4 is 20.5 Å². The lowest BCUT2D eigenvalue weighted by Gasteiger charge is -2.46. The summed E-state index contributed by atoms with van der Waals surface area (Å²) in [6, 6.07) is 0.729. The van der Waals surface area contributed by atoms with Crippen LogP contribution in [0.5, 0.6) is 11.8 Å². The van der Waals surface area contributed by atoms with Crippen molar-refractivity contribution in [2.75, 3.05) is 37.7 Å². The Bertz CT molecular complexity index is 1810. The first-order valence-corrected chi connectivity index (χ1v) is 15.1. The van der Waals surface area contributed by atoms with Crippen LogP contribution in [-0.2, 0) is 12.4 Å². The fourth-order valence-corrected chi connectivity index (χ4v) is 7.68. The number of pyridine rings is 1. The topological polar surface area (TPSA) is 95.8 Å². The van der Waals surface area contributed by atoms with E-state index >= 15 is 0 Å². The summed E-state index contributed by atoms with van der Waals surface area (Å²) < 4.78 is 115. The van der Waals surface area contributed by atoms with Crippen LogP contribution in [0.3, 0.4) is 0 Å². The monoisotopic (exact) mass is 677 g/mol. The van der Waals surface area contributed by atoms with Gasteiger partial charge in [0.1, 0.15) is 35.5 Å². The highest BCUT2D eigenvalue weighted by atomic mass is 35.5. The van der Waals surface area contributed by atoms with Gasteiger partial charge in [0.05, 0.1) is 28.6 Å². The summed E-state index contributed by atoms with van der Waals surface area (Å²) in [5.74, 6) is -0.967. The van der Waals surface area contributed by atoms with Gasteiger partial charge in [0.25, 0.3) is 5.56 Å². The van der Waals surface area contributed by atoms with Crippen molar-refractivity contribution >= 4 is 28.3 Å². The molecule has 7 heterocycles. The molecule has 5 fully saturated rings. The third-order valence-electron chi connectivity index (χ3n) is 9.42. The zero-order valence-corrected chi connectivity index (χ0v) is 24.7. The molecule has 0 aliphatic carbocycles. The number of aromatic hydroxyl groups is 1. The number of aromatic nitrogens is 3. The van der Waals surface area contributed by atoms with Crippen molar-refractivity contribution in [2.45, 2.75) is 68.2 Å². The Morgan fingerprint density at radius 2 is 1.91 bits per heavy atom. The Balaban J connectivity index is 1.45. The van der Waals surface area contributed by atoms with E-state index in [9.17, 15) is 40.6 Å². The van der Waals surface area contributed by atoms with E-state index in [4.69, 9.17) is 17.7 Å². The van der Waals surface area contributed by atoms with E-state index in [0.717, 1.165) is 6.42 Å². The van der Waals surface area contributed by atoms with Crippen LogP contribution in [0.1, 0.15) is 44.7 Å². The Kier molecular flexibility index (Phi) is 7.07. The van der Waals surface area contributed by atoms with Gasteiger partial charge in [-0.1, -0.05) is 11.6 Å². The van der Waals surface area contributed by atoms with Gasteiger partial charge in [0, 0.05) is 44.2 Å². The molecule has 2 N–H and O–H groups in total. The van der Waals surface area contributed by atoms with Crippen LogP contribution in [-0.4, -0.2) is 81.1 Å². The first-order valence-electron chi connectivity index (χ1n) is 15.2. The lowest BCUT2D eigenvalue weighted by atomic mass is 9.93. The predicted octanol–water partition coefficient (Wildman–Crippen LogP) is 5.07. The molecule has 1 aromatic carbocycles. The first kappa shape index (κ1) is 30.0. The number of hydrogen-bond donors (Lipinski definition) is 2. The average Bonchev–Trinajstić information content (AvgIpc) is 3.46. The van der Waals surface area contributed by atoms with E-state index in [1.807, 2.05) is 0 Å². The van der Waals surface area contributed by atoms with E-state index in [2.05, 4.69) is 15.3 Å². The number of ether oxygens (including phenoxy) is 1. The van der Waals surface area contributed by atoms with Gasteiger partial charge >= 0.3 is 18.4 Å². The molecular formula is C29H28ClF7N6O3. The lowest BCUT2D eigenvalue weighted by molar-refractivity contribution is -0.144. The zero-order valence-electron chi connectivity index (χ0n) is 25.0. The molecule has 46 heavy (non-hydrogen) atoms. The van der Waals surface area contributed by atoms with Gasteiger partial charge in [-0.2, -0.15) is 36.3 Å². The number of phenols is 1. The highest BCUT2D eigenvalue weighted by Crippen LogP contribution is 2.44. The molecule has 9 nitrogen and oxygen atoms in total. The van der Waals surface area contributed by atoms with Crippen LogP contribution in [0.2, 0.25) is 5.02 Å². The van der Waals surface area contributed by atoms with Crippen molar-refractivity contribution < 1.29 is 41.9 Å². The van der Waals surface area contributed by atoms with Crippen molar-refractivity contribution in [1.29, 1.82) is 0 Å². The number of halogens is 8. The maximum absolute atomic E-state index is 14.8. The number of nitrogens with zero attached hydrogens (tertiary/aromatic N) is 5. The number of benzene rings is 1. The van der Waals surface area contributed by atoms with Gasteiger partial charge in [0.2, 0.25) is 0 Å². The summed E-state index contributed by atoms with van der Waals surface area (Å²) in [7, 11) is 0. The average molecular weight is 678 g/mol. The SMILES string of the molecule is [2H][C@]1(F)CN2CCC[C@@]2(COc2nc(N3CC4CCC3CN4)c3cc(C(F)(F)F)n(-c4cc(O)cc(Cl)c4C(F)(F)F)c(=O)c3n2)C1. The number of fused-ring (bicyclic) bond motifs is 5. The number of hydrogen-bond acceptors (Lipinski definition) is 8. The van der Waals surface area contributed by atoms with Crippen molar-refractivity contribution in [1.82, 2.24) is 24.8 Å². The molecular weight excluding hydrogens is 649 g/mol. The number of phenolic OH excluding ortho intramolecular Hbond substituents is 1. The lowest BCUT2D eigenvalue weighted by Crippen LogP contribution is -2.61. The van der Waals surface area contributed by atoms with Gasteiger partial charge < -0.3 is 20.1 Å². The number of piperazine rings is 1. The summed E-state index contributed by atoms with van der Waals surface area (Å²) in [4.78, 5) is 26.2. The Morgan fingerprint density at radius 1 is 1.13 bits per heavy atom. The largest absolute Gasteiger partial charge is 0.508 e. The molecule has 4 atom stereocenters. The molecule has 2 bridgehead atoms. The quantitative estimate of drug-likeness (QED) is 0.362. The molecule has 8 rings (SSSR count). The molecule has 248 valence electrons. The van der Waals surface area contributed by atoms with Gasteiger partial charge in [-0.25, -0.2) is 4.39 Å². The smallest absolute Gasteiger partial charge is 0.431 e. The highest BCUT2D eigenvalue weighted by molar-refractivity contribution is 6.31. The highest BCUT2D eigenvalue weighted by Gasteiger charge is 2.50. The van der Waals surface area contributed by atoms with Crippen molar-refractivity contribution in [3.05, 3.63) is 44.8 Å². The Labute approximate surface area is 263 Å². The second-order valence-electron chi connectivity index (χ2n) is 12.3. The molecule has 5 saturated heterocycles. The summed E-state index contributed by atoms with van der Waals surface area (Å²) in [6.45, 7) is 1.00. The number of piperidine rings is 2. The molecule has 0 amide bonds. The fraction of sp³-hybridized carbons (Fsp3) is 0.552. The summed E-state index contributed by atoms with van der Waals surface area (Å²) in [6.07, 6.45) is -10.4. The van der Waals surface area contributed by atoms with Gasteiger partial charge in [0.15, 0.2) is 0 Å². The predicted molar refractivity (Wildman–Crippen MR) is 153 cm³/mol. The third kappa shape index (κ3) is 5.21. The van der Waals surface area contributed by atoms with Crippen LogP contribution in [0.4, 0.5) is 36.6 Å². The van der Waals surface area contributed by atoms with E-state index in [1.165, 1.54) is 0 Å². The number of alkyl halides is 7. The maximum atomic E-state index is 14.8. The number of nitrogens with one attached hydrogen (secondary N) is 1. The molecule has 0 saturated carbocycles. The standard InChI is InChI=1S/C29H28ClF7N6O3/c30-19-6-17(44)7-20(22(19)29(35,36)37)43-21(28(32,33)34)8-18-23(25(43)45)39-26(40-24(18)42-12-15-2-3-16(42)10-38-15)46-13-27-4-1-5-41(27)11-14(31)9-27/h6-8,14-16,38,44H,1-5,9-13H2/t14-,15?,16?,27+/m1/s1/i14D. The van der Waals surface area contributed by atoms with Crippen molar-refractivity contribution in [3.8, 4) is 17.4 Å². The molecule has 5 aliphatic heterocycles. The van der Waals surface area contributed by atoms with Gasteiger partial charge in [-0.15, -0.1) is 0 Å². The summed E-state index contributed by atoms with van der Waals surface area (Å²) in [5, 5.41) is 11.9. The second kappa shape index (κ2) is 10.8. The minimum atomic E-state index is -5.36. The third-order valence-corrected chi connectivity index (χ3v) is 9.71. The summed E-state index contributed by atoms with van der Waals surface area (Å²) in [5.41, 5.74) is -7.97. The molecule has 3 aromatic rings. The van der Waals surface area contributed by atoms with Gasteiger partial charge in [-0.05, 0) is 44.4 Å². The molecule has 2 aromatic heterocycles. The minimum absolute atomic E-state index is 0.0280. The fourth-order valence-electron chi connectivity index (χ4n) is 7.36. The molecule has 2 unspecified atom stereocenters. The number of anilines is 1. The molecule has 0 radical (unpaired) electrons. The Morgan fingerprint density at radius 3 is 2.57 bits per heavy atom. The maximum Gasteiger partial charge on any atom is 0.431 e. The van der Waals surface area contributed by atoms with Crippen LogP contribution in [0.15, 0.2) is 23.0 Å². The minimum Gasteiger partial charge on any atom is -0.508 e. The van der Waals surface area contributed by atoms with Crippen LogP contribution in [0, 0.1) is 0 Å². The molecule has 5 aliphatic rings. The van der Waals surface area contributed by atoms with E-state index in [1.54, 1.807) is 9.80 Å².